The van der Waals surface area contributed by atoms with Gasteiger partial charge in [-0.3, -0.25) is 9.48 Å². The van der Waals surface area contributed by atoms with E-state index in [1.54, 1.807) is 18.2 Å². The lowest BCUT2D eigenvalue weighted by atomic mass is 10.1. The van der Waals surface area contributed by atoms with Gasteiger partial charge in [-0.1, -0.05) is 18.2 Å². The van der Waals surface area contributed by atoms with Crippen molar-refractivity contribution in [2.45, 2.75) is 37.1 Å². The fraction of sp³-hybridized carbons (Fsp3) is 0.500. The molecule has 2 aliphatic rings. The molecule has 1 aromatic carbocycles. The quantitative estimate of drug-likeness (QED) is 0.587. The third-order valence-electron chi connectivity index (χ3n) is 6.46. The first kappa shape index (κ1) is 23.8. The molecular weight excluding hydrogens is 440 g/mol. The summed E-state index contributed by atoms with van der Waals surface area (Å²) in [5, 5.41) is 4.55. The molecule has 0 N–H and O–H groups in total. The van der Waals surface area contributed by atoms with Gasteiger partial charge in [0.2, 0.25) is 10.0 Å². The van der Waals surface area contributed by atoms with Gasteiger partial charge in [0, 0.05) is 31.5 Å². The molecule has 0 bridgehead atoms. The van der Waals surface area contributed by atoms with E-state index in [4.69, 9.17) is 4.74 Å². The highest BCUT2D eigenvalue weighted by Gasteiger charge is 2.27. The Labute approximate surface area is 195 Å². The minimum absolute atomic E-state index is 0.0466. The van der Waals surface area contributed by atoms with Gasteiger partial charge >= 0.3 is 0 Å². The number of Topliss-reactive ketones (excluding diaryl/α,β-unsaturated/α-hetero) is 1. The van der Waals surface area contributed by atoms with E-state index in [0.717, 1.165) is 37.1 Å². The second-order valence-corrected chi connectivity index (χ2v) is 10.6. The third-order valence-corrected chi connectivity index (χ3v) is 8.34. The van der Waals surface area contributed by atoms with E-state index >= 15 is 0 Å². The Balaban J connectivity index is 1.42. The molecule has 8 nitrogen and oxygen atoms in total. The lowest BCUT2D eigenvalue weighted by Gasteiger charge is -2.28. The number of aromatic nitrogens is 2. The average Bonchev–Trinajstić information content (AvgIpc) is 3.33. The van der Waals surface area contributed by atoms with E-state index in [0.29, 0.717) is 24.6 Å². The van der Waals surface area contributed by atoms with Gasteiger partial charge in [0.25, 0.3) is 0 Å². The number of ketones is 1. The van der Waals surface area contributed by atoms with Crippen LogP contribution in [-0.4, -0.2) is 79.6 Å². The van der Waals surface area contributed by atoms with E-state index in [9.17, 15) is 13.2 Å². The van der Waals surface area contributed by atoms with Crippen molar-refractivity contribution < 1.29 is 17.9 Å². The molecule has 3 heterocycles. The van der Waals surface area contributed by atoms with Crippen LogP contribution >= 0.6 is 0 Å². The molecule has 178 valence electrons. The van der Waals surface area contributed by atoms with Crippen LogP contribution in [0.5, 0.6) is 0 Å². The van der Waals surface area contributed by atoms with Gasteiger partial charge in [-0.2, -0.15) is 9.40 Å². The largest absolute Gasteiger partial charge is 0.374 e. The molecular formula is C24H32N4O4S. The van der Waals surface area contributed by atoms with E-state index in [1.165, 1.54) is 4.31 Å². The third kappa shape index (κ3) is 5.43. The zero-order valence-corrected chi connectivity index (χ0v) is 20.1. The highest BCUT2D eigenvalue weighted by atomic mass is 32.2. The Morgan fingerprint density at radius 3 is 2.48 bits per heavy atom. The minimum atomic E-state index is -3.62. The summed E-state index contributed by atoms with van der Waals surface area (Å²) >= 11 is 0. The topological polar surface area (TPSA) is 84.7 Å². The molecule has 33 heavy (non-hydrogen) atoms. The lowest BCUT2D eigenvalue weighted by Crippen LogP contribution is -2.36. The van der Waals surface area contributed by atoms with Crippen LogP contribution in [-0.2, 0) is 19.6 Å². The Morgan fingerprint density at radius 2 is 1.85 bits per heavy atom. The van der Waals surface area contributed by atoms with Crippen molar-refractivity contribution in [3.8, 4) is 11.1 Å². The number of sulfonamides is 1. The number of ether oxygens (including phenoxy) is 1. The number of likely N-dealkylation sites (tertiary alicyclic amines) is 1. The van der Waals surface area contributed by atoms with Crippen LogP contribution in [0, 0.1) is 0 Å². The number of piperidine rings is 1. The van der Waals surface area contributed by atoms with Crippen LogP contribution < -0.4 is 0 Å². The van der Waals surface area contributed by atoms with Gasteiger partial charge in [-0.15, -0.1) is 0 Å². The molecule has 2 aliphatic heterocycles. The minimum Gasteiger partial charge on any atom is -0.374 e. The normalized spacial score (nSPS) is 18.9. The molecule has 0 unspecified atom stereocenters. The van der Waals surface area contributed by atoms with Crippen molar-refractivity contribution in [3.05, 3.63) is 48.3 Å². The van der Waals surface area contributed by atoms with Crippen molar-refractivity contribution in [3.63, 3.8) is 0 Å². The van der Waals surface area contributed by atoms with E-state index in [1.807, 2.05) is 29.9 Å². The summed E-state index contributed by atoms with van der Waals surface area (Å²) in [7, 11) is -1.48. The van der Waals surface area contributed by atoms with Crippen LogP contribution in [0.15, 0.2) is 53.2 Å². The molecule has 0 spiro atoms. The standard InChI is InChI=1S/C24H32N4O4S/c1-3-32-18-24(29)20-8-14-27(15-9-20)33(30,31)23-6-4-19(5-7-23)21-16-25-28(17-21)22-10-12-26(2)13-11-22/h4-8,16-17,22H,3,9-15,18H2,1-2H3. The maximum absolute atomic E-state index is 13.1. The summed E-state index contributed by atoms with van der Waals surface area (Å²) in [5.41, 5.74) is 2.57. The molecule has 0 amide bonds. The molecule has 1 fully saturated rings. The molecule has 2 aromatic rings. The van der Waals surface area contributed by atoms with Crippen molar-refractivity contribution in [1.82, 2.24) is 19.0 Å². The maximum atomic E-state index is 13.1. The summed E-state index contributed by atoms with van der Waals surface area (Å²) in [6.45, 7) is 4.99. The summed E-state index contributed by atoms with van der Waals surface area (Å²) in [4.78, 5) is 14.7. The first-order chi connectivity index (χ1) is 15.9. The Kier molecular flexibility index (Phi) is 7.43. The Bertz CT molecular complexity index is 1100. The molecule has 0 radical (unpaired) electrons. The lowest BCUT2D eigenvalue weighted by molar-refractivity contribution is -0.120. The number of benzene rings is 1. The molecule has 0 saturated carbocycles. The van der Waals surface area contributed by atoms with Crippen molar-refractivity contribution in [2.24, 2.45) is 0 Å². The number of rotatable bonds is 8. The Morgan fingerprint density at radius 1 is 1.12 bits per heavy atom. The molecule has 1 saturated heterocycles. The smallest absolute Gasteiger partial charge is 0.243 e. The number of hydrogen-bond acceptors (Lipinski definition) is 6. The van der Waals surface area contributed by atoms with E-state index < -0.39 is 10.0 Å². The molecule has 4 rings (SSSR count). The summed E-state index contributed by atoms with van der Waals surface area (Å²) < 4.78 is 34.8. The second kappa shape index (κ2) is 10.3. The first-order valence-electron chi connectivity index (χ1n) is 11.5. The van der Waals surface area contributed by atoms with E-state index in [2.05, 4.69) is 23.2 Å². The zero-order valence-electron chi connectivity index (χ0n) is 19.3. The fourth-order valence-corrected chi connectivity index (χ4v) is 5.70. The van der Waals surface area contributed by atoms with Crippen molar-refractivity contribution in [2.75, 3.05) is 46.4 Å². The predicted octanol–water partition coefficient (Wildman–Crippen LogP) is 2.74. The van der Waals surface area contributed by atoms with Gasteiger partial charge in [-0.25, -0.2) is 8.42 Å². The molecule has 9 heteroatoms. The number of carbonyl (C=O) groups excluding carboxylic acids is 1. The van der Waals surface area contributed by atoms with Gasteiger partial charge in [0.1, 0.15) is 6.61 Å². The Hall–Kier alpha value is -2.33. The van der Waals surface area contributed by atoms with Crippen molar-refractivity contribution >= 4 is 15.8 Å². The van der Waals surface area contributed by atoms with Gasteiger partial charge in [0.15, 0.2) is 5.78 Å². The number of carbonyl (C=O) groups is 1. The van der Waals surface area contributed by atoms with Gasteiger partial charge in [-0.05, 0) is 69.6 Å². The maximum Gasteiger partial charge on any atom is 0.243 e. The summed E-state index contributed by atoms with van der Waals surface area (Å²) in [5.74, 6) is -0.0703. The number of hydrogen-bond donors (Lipinski definition) is 0. The second-order valence-electron chi connectivity index (χ2n) is 8.67. The zero-order chi connectivity index (χ0) is 23.4. The van der Waals surface area contributed by atoms with Crippen molar-refractivity contribution in [1.29, 1.82) is 0 Å². The van der Waals surface area contributed by atoms with Crippen LogP contribution in [0.4, 0.5) is 0 Å². The first-order valence-corrected chi connectivity index (χ1v) is 13.0. The van der Waals surface area contributed by atoms with Crippen LogP contribution in [0.3, 0.4) is 0 Å². The van der Waals surface area contributed by atoms with Crippen LogP contribution in [0.1, 0.15) is 32.2 Å². The molecule has 0 atom stereocenters. The van der Waals surface area contributed by atoms with Gasteiger partial charge < -0.3 is 9.64 Å². The van der Waals surface area contributed by atoms with Gasteiger partial charge in [0.05, 0.1) is 17.1 Å². The van der Waals surface area contributed by atoms with Crippen LogP contribution in [0.25, 0.3) is 11.1 Å². The predicted molar refractivity (Wildman–Crippen MR) is 126 cm³/mol. The number of nitrogens with zero attached hydrogens (tertiary/aromatic N) is 4. The SMILES string of the molecule is CCOCC(=O)C1=CCN(S(=O)(=O)c2ccc(-c3cnn(C4CCN(C)CC4)c3)cc2)CC1. The average molecular weight is 473 g/mol. The molecule has 1 aromatic heterocycles. The molecule has 0 aliphatic carbocycles. The highest BCUT2D eigenvalue weighted by molar-refractivity contribution is 7.89. The monoisotopic (exact) mass is 472 g/mol. The summed E-state index contributed by atoms with van der Waals surface area (Å²) in [6, 6.07) is 7.38. The fourth-order valence-electron chi connectivity index (χ4n) is 4.32. The highest BCUT2D eigenvalue weighted by Crippen LogP contribution is 2.27. The van der Waals surface area contributed by atoms with Crippen LogP contribution in [0.2, 0.25) is 0 Å². The van der Waals surface area contributed by atoms with E-state index in [-0.39, 0.29) is 30.4 Å². The summed E-state index contributed by atoms with van der Waals surface area (Å²) in [6.07, 6.45) is 8.16.